The first-order valence-electron chi connectivity index (χ1n) is 6.84. The maximum Gasteiger partial charge on any atom is 0.417 e. The number of amides is 1. The van der Waals surface area contributed by atoms with Gasteiger partial charge in [0.15, 0.2) is 5.60 Å². The summed E-state index contributed by atoms with van der Waals surface area (Å²) in [6.07, 6.45) is -4.18. The number of nitrogens with zero attached hydrogens (tertiary/aromatic N) is 1. The highest BCUT2D eigenvalue weighted by Crippen LogP contribution is 2.38. The van der Waals surface area contributed by atoms with Crippen LogP contribution in [0.15, 0.2) is 24.3 Å². The highest BCUT2D eigenvalue weighted by molar-refractivity contribution is 5.91. The van der Waals surface area contributed by atoms with Crippen LogP contribution in [0.1, 0.15) is 18.4 Å². The van der Waals surface area contributed by atoms with Crippen molar-refractivity contribution < 1.29 is 31.9 Å². The van der Waals surface area contributed by atoms with Gasteiger partial charge in [0.1, 0.15) is 11.6 Å². The lowest BCUT2D eigenvalue weighted by Crippen LogP contribution is -2.54. The molecular weight excluding hydrogens is 321 g/mol. The number of piperidine rings is 1. The van der Waals surface area contributed by atoms with Gasteiger partial charge in [0.2, 0.25) is 5.91 Å². The fourth-order valence-corrected chi connectivity index (χ4v) is 2.31. The highest BCUT2D eigenvalue weighted by Gasteiger charge is 2.54. The zero-order valence-electron chi connectivity index (χ0n) is 11.9. The van der Waals surface area contributed by atoms with Gasteiger partial charge in [-0.1, -0.05) is 6.07 Å². The van der Waals surface area contributed by atoms with Crippen LogP contribution in [-0.4, -0.2) is 40.8 Å². The van der Waals surface area contributed by atoms with Gasteiger partial charge < -0.3 is 10.0 Å². The zero-order chi connectivity index (χ0) is 17.3. The second-order valence-electron chi connectivity index (χ2n) is 5.32. The summed E-state index contributed by atoms with van der Waals surface area (Å²) < 4.78 is 64.8. The van der Waals surface area contributed by atoms with E-state index in [1.807, 2.05) is 0 Å². The summed E-state index contributed by atoms with van der Waals surface area (Å²) in [5, 5.41) is 9.51. The molecule has 1 N–H and O–H groups in total. The van der Waals surface area contributed by atoms with Gasteiger partial charge in [0.25, 0.3) is 0 Å². The van der Waals surface area contributed by atoms with Crippen LogP contribution in [0.5, 0.6) is 0 Å². The summed E-state index contributed by atoms with van der Waals surface area (Å²) in [5.74, 6) is -2.37. The van der Waals surface area contributed by atoms with Gasteiger partial charge in [-0.05, 0) is 18.2 Å². The van der Waals surface area contributed by atoms with Crippen LogP contribution in [0.4, 0.5) is 22.0 Å². The van der Waals surface area contributed by atoms with E-state index >= 15 is 0 Å². The lowest BCUT2D eigenvalue weighted by Gasteiger charge is -2.38. The van der Waals surface area contributed by atoms with Gasteiger partial charge in [0, 0.05) is 37.6 Å². The Balaban J connectivity index is 2.02. The molecule has 1 aliphatic rings. The van der Waals surface area contributed by atoms with Crippen LogP contribution in [0.2, 0.25) is 0 Å². The number of alkyl halides is 3. The molecule has 0 aromatic heterocycles. The Morgan fingerprint density at radius 2 is 1.70 bits per heavy atom. The Labute approximate surface area is 129 Å². The maximum absolute atomic E-state index is 13.4. The second-order valence-corrected chi connectivity index (χ2v) is 5.32. The number of rotatable bonds is 2. The van der Waals surface area contributed by atoms with E-state index in [4.69, 9.17) is 0 Å². The fourth-order valence-electron chi connectivity index (χ4n) is 2.31. The SMILES string of the molecule is O=C(/C=C/c1c(F)cccc1F)N1CCC(O)(C(F)(F)F)CC1. The summed E-state index contributed by atoms with van der Waals surface area (Å²) in [6, 6.07) is 3.22. The predicted octanol–water partition coefficient (Wildman–Crippen LogP) is 2.89. The highest BCUT2D eigenvalue weighted by atomic mass is 19.4. The molecule has 1 aromatic rings. The monoisotopic (exact) mass is 335 g/mol. The third-order valence-electron chi connectivity index (χ3n) is 3.82. The fraction of sp³-hybridized carbons (Fsp3) is 0.400. The van der Waals surface area contributed by atoms with Gasteiger partial charge in [0.05, 0.1) is 0 Å². The van der Waals surface area contributed by atoms with Gasteiger partial charge in [-0.3, -0.25) is 4.79 Å². The molecule has 0 spiro atoms. The minimum atomic E-state index is -4.76. The molecule has 0 aliphatic carbocycles. The maximum atomic E-state index is 13.4. The predicted molar refractivity (Wildman–Crippen MR) is 72.2 cm³/mol. The Bertz CT molecular complexity index is 599. The lowest BCUT2D eigenvalue weighted by atomic mass is 9.91. The van der Waals surface area contributed by atoms with Crippen LogP contribution >= 0.6 is 0 Å². The third kappa shape index (κ3) is 3.69. The Morgan fingerprint density at radius 1 is 1.17 bits per heavy atom. The van der Waals surface area contributed by atoms with Crippen molar-refractivity contribution in [2.45, 2.75) is 24.6 Å². The molecule has 0 atom stereocenters. The summed E-state index contributed by atoms with van der Waals surface area (Å²) >= 11 is 0. The average Bonchev–Trinajstić information content (AvgIpc) is 2.46. The quantitative estimate of drug-likeness (QED) is 0.667. The number of hydrogen-bond donors (Lipinski definition) is 1. The van der Waals surface area contributed by atoms with Crippen LogP contribution in [-0.2, 0) is 4.79 Å². The van der Waals surface area contributed by atoms with E-state index in [0.29, 0.717) is 0 Å². The van der Waals surface area contributed by atoms with Crippen molar-refractivity contribution in [3.63, 3.8) is 0 Å². The number of benzene rings is 1. The van der Waals surface area contributed by atoms with Crippen LogP contribution in [0.25, 0.3) is 6.08 Å². The van der Waals surface area contributed by atoms with E-state index in [1.54, 1.807) is 0 Å². The smallest absolute Gasteiger partial charge is 0.380 e. The van der Waals surface area contributed by atoms with Crippen LogP contribution in [0.3, 0.4) is 0 Å². The Hall–Kier alpha value is -1.96. The Morgan fingerprint density at radius 3 is 2.17 bits per heavy atom. The van der Waals surface area contributed by atoms with E-state index in [2.05, 4.69) is 0 Å². The zero-order valence-corrected chi connectivity index (χ0v) is 11.9. The molecule has 0 radical (unpaired) electrons. The average molecular weight is 335 g/mol. The molecule has 1 fully saturated rings. The number of halogens is 5. The molecule has 126 valence electrons. The number of carbonyl (C=O) groups excluding carboxylic acids is 1. The second kappa shape index (κ2) is 6.27. The van der Waals surface area contributed by atoms with Crippen LogP contribution in [0, 0.1) is 11.6 Å². The third-order valence-corrected chi connectivity index (χ3v) is 3.82. The van der Waals surface area contributed by atoms with E-state index in [9.17, 15) is 31.9 Å². The minimum Gasteiger partial charge on any atom is -0.380 e. The number of aliphatic hydroxyl groups is 1. The molecule has 2 rings (SSSR count). The molecule has 8 heteroatoms. The van der Waals surface area contributed by atoms with Gasteiger partial charge in [-0.25, -0.2) is 8.78 Å². The molecule has 1 aromatic carbocycles. The molecule has 1 heterocycles. The summed E-state index contributed by atoms with van der Waals surface area (Å²) in [6.45, 7) is -0.585. The summed E-state index contributed by atoms with van der Waals surface area (Å²) in [7, 11) is 0. The molecule has 1 saturated heterocycles. The first-order valence-corrected chi connectivity index (χ1v) is 6.84. The van der Waals surface area contributed by atoms with E-state index in [1.165, 1.54) is 6.07 Å². The van der Waals surface area contributed by atoms with Crippen LogP contribution < -0.4 is 0 Å². The van der Waals surface area contributed by atoms with Gasteiger partial charge in [-0.15, -0.1) is 0 Å². The molecule has 3 nitrogen and oxygen atoms in total. The Kier molecular flexibility index (Phi) is 4.74. The topological polar surface area (TPSA) is 40.5 Å². The number of carbonyl (C=O) groups is 1. The first-order chi connectivity index (χ1) is 10.6. The summed E-state index contributed by atoms with van der Waals surface area (Å²) in [4.78, 5) is 13.0. The van der Waals surface area contributed by atoms with E-state index in [-0.39, 0.29) is 13.1 Å². The summed E-state index contributed by atoms with van der Waals surface area (Å²) in [5.41, 5.74) is -3.20. The molecular formula is C15H14F5NO2. The van der Waals surface area contributed by atoms with E-state index in [0.717, 1.165) is 29.2 Å². The normalized spacial score (nSPS) is 18.4. The van der Waals surface area contributed by atoms with Crippen molar-refractivity contribution in [2.75, 3.05) is 13.1 Å². The molecule has 1 aliphatic heterocycles. The number of likely N-dealkylation sites (tertiary alicyclic amines) is 1. The standard InChI is InChI=1S/C15H14F5NO2/c16-11-2-1-3-12(17)10(11)4-5-13(22)21-8-6-14(23,7-9-21)15(18,19)20/h1-5,23H,6-9H2/b5-4+. The molecule has 0 unspecified atom stereocenters. The van der Waals surface area contributed by atoms with Crippen molar-refractivity contribution in [3.05, 3.63) is 41.5 Å². The number of hydrogen-bond acceptors (Lipinski definition) is 2. The molecule has 0 bridgehead atoms. The van der Waals surface area contributed by atoms with Crippen molar-refractivity contribution in [1.29, 1.82) is 0 Å². The minimum absolute atomic E-state index is 0.293. The van der Waals surface area contributed by atoms with Crippen molar-refractivity contribution in [2.24, 2.45) is 0 Å². The first kappa shape index (κ1) is 17.4. The van der Waals surface area contributed by atoms with E-state index < -0.39 is 47.7 Å². The van der Waals surface area contributed by atoms with Crippen molar-refractivity contribution in [1.82, 2.24) is 4.90 Å². The lowest BCUT2D eigenvalue weighted by molar-refractivity contribution is -0.271. The molecule has 23 heavy (non-hydrogen) atoms. The largest absolute Gasteiger partial charge is 0.417 e. The van der Waals surface area contributed by atoms with Gasteiger partial charge >= 0.3 is 6.18 Å². The van der Waals surface area contributed by atoms with Gasteiger partial charge in [-0.2, -0.15) is 13.2 Å². The van der Waals surface area contributed by atoms with Crippen molar-refractivity contribution in [3.8, 4) is 0 Å². The molecule has 1 amide bonds. The van der Waals surface area contributed by atoms with Crippen molar-refractivity contribution >= 4 is 12.0 Å². The molecule has 0 saturated carbocycles.